The number of nitrogens with zero attached hydrogens (tertiary/aromatic N) is 2. The Labute approximate surface area is 136 Å². The van der Waals surface area contributed by atoms with E-state index in [9.17, 15) is 19.2 Å². The van der Waals surface area contributed by atoms with Gasteiger partial charge in [-0.05, 0) is 20.9 Å². The normalized spacial score (nSPS) is 11.6. The number of aliphatic carboxylic acids is 1. The fourth-order valence-electron chi connectivity index (χ4n) is 1.75. The van der Waals surface area contributed by atoms with Crippen LogP contribution in [0, 0.1) is 0 Å². The molecule has 0 aromatic rings. The number of nitrogens with two attached hydrogens (primary N) is 2. The monoisotopic (exact) mass is 332 g/mol. The number of rotatable bonds is 10. The van der Waals surface area contributed by atoms with E-state index >= 15 is 0 Å². The van der Waals surface area contributed by atoms with Gasteiger partial charge in [-0.15, -0.1) is 0 Å². The summed E-state index contributed by atoms with van der Waals surface area (Å²) in [5, 5.41) is 8.76. The molecular weight excluding hydrogens is 304 g/mol. The number of carboxylic acid groups (broad SMARTS) is 1. The first-order chi connectivity index (χ1) is 10.5. The van der Waals surface area contributed by atoms with Crippen LogP contribution in [0.3, 0.4) is 0 Å². The largest absolute Gasteiger partial charge is 0.480 e. The highest BCUT2D eigenvalue weighted by Crippen LogP contribution is 2.01. The van der Waals surface area contributed by atoms with Gasteiger partial charge < -0.3 is 16.6 Å². The van der Waals surface area contributed by atoms with E-state index in [0.29, 0.717) is 19.5 Å². The Morgan fingerprint density at radius 2 is 1.52 bits per heavy atom. The van der Waals surface area contributed by atoms with E-state index in [1.807, 2.05) is 0 Å². The predicted molar refractivity (Wildman–Crippen MR) is 85.5 cm³/mol. The van der Waals surface area contributed by atoms with Gasteiger partial charge in [-0.25, -0.2) is 0 Å². The van der Waals surface area contributed by atoms with Gasteiger partial charge in [0.15, 0.2) is 0 Å². The highest BCUT2D eigenvalue weighted by atomic mass is 16.4. The van der Waals surface area contributed by atoms with E-state index in [2.05, 4.69) is 5.73 Å². The smallest absolute Gasteiger partial charge is 0.317 e. The number of hydrogen-bond donors (Lipinski definition) is 3. The molecule has 0 rings (SSSR count). The van der Waals surface area contributed by atoms with Crippen LogP contribution >= 0.6 is 0 Å². The average molecular weight is 332 g/mol. The molecule has 0 bridgehead atoms. The zero-order valence-corrected chi connectivity index (χ0v) is 14.2. The predicted octanol–water partition coefficient (Wildman–Crippen LogP) is -1.35. The molecule has 9 nitrogen and oxygen atoms in total. The van der Waals surface area contributed by atoms with Gasteiger partial charge >= 0.3 is 5.97 Å². The number of primary amides is 2. The molecule has 134 valence electrons. The van der Waals surface area contributed by atoms with Crippen molar-refractivity contribution in [2.75, 3.05) is 33.2 Å². The number of Topliss-reactive ketones (excluding diaryl/α,β-unsaturated/α-hetero) is 1. The van der Waals surface area contributed by atoms with E-state index in [0.717, 1.165) is 0 Å². The van der Waals surface area contributed by atoms with Crippen LogP contribution in [0.1, 0.15) is 27.2 Å². The molecule has 2 amide bonds. The minimum Gasteiger partial charge on any atom is -0.480 e. The summed E-state index contributed by atoms with van der Waals surface area (Å²) in [6, 6.07) is -0.182. The summed E-state index contributed by atoms with van der Waals surface area (Å²) in [6.07, 6.45) is 0.444. The zero-order valence-electron chi connectivity index (χ0n) is 14.2. The van der Waals surface area contributed by atoms with E-state index in [-0.39, 0.29) is 30.8 Å². The van der Waals surface area contributed by atoms with Crippen LogP contribution in [0.15, 0.2) is 0 Å². The first-order valence-electron chi connectivity index (χ1n) is 7.19. The fourth-order valence-corrected chi connectivity index (χ4v) is 1.75. The van der Waals surface area contributed by atoms with E-state index in [1.165, 1.54) is 11.8 Å². The summed E-state index contributed by atoms with van der Waals surface area (Å²) in [5.74, 6) is -1.80. The topological polar surface area (TPSA) is 147 Å². The molecule has 0 saturated heterocycles. The molecule has 0 aromatic carbocycles. The van der Waals surface area contributed by atoms with Crippen molar-refractivity contribution in [2.45, 2.75) is 33.2 Å². The third-order valence-electron chi connectivity index (χ3n) is 2.74. The third-order valence-corrected chi connectivity index (χ3v) is 2.74. The molecule has 0 spiro atoms. The highest BCUT2D eigenvalue weighted by Gasteiger charge is 2.20. The van der Waals surface area contributed by atoms with Gasteiger partial charge in [0, 0.05) is 19.0 Å². The van der Waals surface area contributed by atoms with Gasteiger partial charge in [0.2, 0.25) is 11.8 Å². The van der Waals surface area contributed by atoms with Gasteiger partial charge in [-0.1, -0.05) is 6.92 Å². The van der Waals surface area contributed by atoms with Crippen LogP contribution in [0.5, 0.6) is 0 Å². The molecule has 0 fully saturated rings. The summed E-state index contributed by atoms with van der Waals surface area (Å²) in [5.41, 5.74) is 9.73. The maximum absolute atomic E-state index is 10.9. The molecule has 9 heteroatoms. The lowest BCUT2D eigenvalue weighted by atomic mass is 10.2. The minimum atomic E-state index is -1.02. The molecule has 0 unspecified atom stereocenters. The maximum atomic E-state index is 10.9. The SMILES string of the molecule is CC(=O)CN(C)C[C@H](C)N(CC(N)=O)CC(=O)O.CCC(N)=O. The Kier molecular flexibility index (Phi) is 12.7. The highest BCUT2D eigenvalue weighted by molar-refractivity contribution is 5.78. The molecule has 1 atom stereocenters. The van der Waals surface area contributed by atoms with Crippen molar-refractivity contribution in [1.29, 1.82) is 0 Å². The molecule has 0 aliphatic heterocycles. The fraction of sp³-hybridized carbons (Fsp3) is 0.714. The second kappa shape index (κ2) is 12.5. The van der Waals surface area contributed by atoms with Crippen molar-refractivity contribution in [3.05, 3.63) is 0 Å². The molecule has 0 aromatic heterocycles. The first kappa shape index (κ1) is 23.3. The van der Waals surface area contributed by atoms with E-state index in [1.54, 1.807) is 25.8 Å². The van der Waals surface area contributed by atoms with Crippen LogP contribution in [0.25, 0.3) is 0 Å². The maximum Gasteiger partial charge on any atom is 0.317 e. The molecule has 0 radical (unpaired) electrons. The number of likely N-dealkylation sites (N-methyl/N-ethyl adjacent to an activating group) is 1. The molecule has 23 heavy (non-hydrogen) atoms. The summed E-state index contributed by atoms with van der Waals surface area (Å²) in [4.78, 5) is 45.4. The van der Waals surface area contributed by atoms with Crippen LogP contribution in [0.4, 0.5) is 0 Å². The molecule has 5 N–H and O–H groups in total. The van der Waals surface area contributed by atoms with Crippen LogP contribution in [-0.2, 0) is 19.2 Å². The molecule has 0 heterocycles. The van der Waals surface area contributed by atoms with Gasteiger partial charge in [0.05, 0.1) is 19.6 Å². The standard InChI is InChI=1S/C11H21N3O4.C3H7NO/c1-8(4-13(3)5-9(2)15)14(6-10(12)16)7-11(17)18;1-2-3(4)5/h8H,4-7H2,1-3H3,(H2,12,16)(H,17,18);2H2,1H3,(H2,4,5)/t8-;/m0./s1. The Bertz CT molecular complexity index is 398. The molecule has 0 saturated carbocycles. The van der Waals surface area contributed by atoms with Gasteiger partial charge in [0.25, 0.3) is 0 Å². The average Bonchev–Trinajstić information content (AvgIpc) is 2.36. The van der Waals surface area contributed by atoms with Crippen molar-refractivity contribution in [3.63, 3.8) is 0 Å². The second-order valence-corrected chi connectivity index (χ2v) is 5.33. The number of carboxylic acids is 1. The number of carbonyl (C=O) groups excluding carboxylic acids is 3. The van der Waals surface area contributed by atoms with E-state index < -0.39 is 11.9 Å². The quantitative estimate of drug-likeness (QED) is 0.448. The summed E-state index contributed by atoms with van der Waals surface area (Å²) < 4.78 is 0. The summed E-state index contributed by atoms with van der Waals surface area (Å²) in [7, 11) is 1.76. The number of carbonyl (C=O) groups is 4. The number of ketones is 1. The van der Waals surface area contributed by atoms with Crippen LogP contribution in [-0.4, -0.2) is 77.7 Å². The lowest BCUT2D eigenvalue weighted by Gasteiger charge is -2.29. The minimum absolute atomic E-state index is 0.0318. The lowest BCUT2D eigenvalue weighted by molar-refractivity contribution is -0.139. The lowest BCUT2D eigenvalue weighted by Crippen LogP contribution is -2.47. The van der Waals surface area contributed by atoms with Crippen molar-refractivity contribution in [1.82, 2.24) is 9.80 Å². The Morgan fingerprint density at radius 3 is 1.83 bits per heavy atom. The molecular formula is C14H28N4O5. The Morgan fingerprint density at radius 1 is 1.04 bits per heavy atom. The van der Waals surface area contributed by atoms with Crippen molar-refractivity contribution < 1.29 is 24.3 Å². The third kappa shape index (κ3) is 16.2. The van der Waals surface area contributed by atoms with Gasteiger partial charge in [-0.3, -0.25) is 29.0 Å². The van der Waals surface area contributed by atoms with E-state index in [4.69, 9.17) is 10.8 Å². The van der Waals surface area contributed by atoms with Gasteiger partial charge in [0.1, 0.15) is 5.78 Å². The zero-order chi connectivity index (χ0) is 18.6. The van der Waals surface area contributed by atoms with Crippen molar-refractivity contribution in [2.24, 2.45) is 11.5 Å². The number of amides is 2. The Balaban J connectivity index is 0. The molecule has 0 aliphatic carbocycles. The first-order valence-corrected chi connectivity index (χ1v) is 7.19. The molecule has 0 aliphatic rings. The summed E-state index contributed by atoms with van der Waals surface area (Å²) in [6.45, 7) is 5.42. The van der Waals surface area contributed by atoms with Crippen molar-refractivity contribution >= 4 is 23.6 Å². The van der Waals surface area contributed by atoms with Crippen molar-refractivity contribution in [3.8, 4) is 0 Å². The van der Waals surface area contributed by atoms with Crippen LogP contribution < -0.4 is 11.5 Å². The summed E-state index contributed by atoms with van der Waals surface area (Å²) >= 11 is 0. The number of hydrogen-bond acceptors (Lipinski definition) is 6. The van der Waals surface area contributed by atoms with Crippen LogP contribution in [0.2, 0.25) is 0 Å². The second-order valence-electron chi connectivity index (χ2n) is 5.33. The Hall–Kier alpha value is -2.00. The van der Waals surface area contributed by atoms with Gasteiger partial charge in [-0.2, -0.15) is 0 Å².